The lowest BCUT2D eigenvalue weighted by molar-refractivity contribution is 0.481. The lowest BCUT2D eigenvalue weighted by Crippen LogP contribution is -1.90. The summed E-state index contributed by atoms with van der Waals surface area (Å²) in [6, 6.07) is 16.1. The number of halogens is 1. The van der Waals surface area contributed by atoms with Crippen molar-refractivity contribution >= 4 is 11.6 Å². The van der Waals surface area contributed by atoms with Crippen molar-refractivity contribution in [2.75, 3.05) is 0 Å². The average Bonchev–Trinajstić information content (AvgIpc) is 2.39. The molecule has 2 heteroatoms. The Morgan fingerprint density at radius 3 is 2.33 bits per heavy atom. The van der Waals surface area contributed by atoms with Crippen LogP contribution in [0.3, 0.4) is 0 Å². The molecule has 0 saturated carbocycles. The average molecular weight is 261 g/mol. The van der Waals surface area contributed by atoms with Gasteiger partial charge in [0.25, 0.3) is 0 Å². The standard InChI is InChI=1S/C16H17ClO/c1-12(2)14-6-4-8-16(10-14)18-15-7-3-5-13(9-15)11-17/h3-10,12H,11H2,1-2H3. The van der Waals surface area contributed by atoms with Crippen LogP contribution < -0.4 is 4.74 Å². The molecular weight excluding hydrogens is 244 g/mol. The molecule has 0 spiro atoms. The van der Waals surface area contributed by atoms with E-state index in [2.05, 4.69) is 26.0 Å². The third-order valence-corrected chi connectivity index (χ3v) is 3.12. The number of hydrogen-bond donors (Lipinski definition) is 0. The molecule has 0 aliphatic heterocycles. The van der Waals surface area contributed by atoms with Crippen molar-refractivity contribution in [1.82, 2.24) is 0 Å². The number of ether oxygens (including phenoxy) is 1. The van der Waals surface area contributed by atoms with Gasteiger partial charge < -0.3 is 4.74 Å². The summed E-state index contributed by atoms with van der Waals surface area (Å²) >= 11 is 5.81. The molecule has 2 rings (SSSR count). The third kappa shape index (κ3) is 3.27. The molecule has 18 heavy (non-hydrogen) atoms. The van der Waals surface area contributed by atoms with E-state index in [1.165, 1.54) is 5.56 Å². The maximum Gasteiger partial charge on any atom is 0.127 e. The summed E-state index contributed by atoms with van der Waals surface area (Å²) in [5.41, 5.74) is 2.34. The summed E-state index contributed by atoms with van der Waals surface area (Å²) in [4.78, 5) is 0. The Labute approximate surface area is 113 Å². The van der Waals surface area contributed by atoms with Gasteiger partial charge in [0.2, 0.25) is 0 Å². The highest BCUT2D eigenvalue weighted by Crippen LogP contribution is 2.26. The van der Waals surface area contributed by atoms with Crippen LogP contribution in [0.5, 0.6) is 11.5 Å². The van der Waals surface area contributed by atoms with E-state index < -0.39 is 0 Å². The first-order chi connectivity index (χ1) is 8.69. The fourth-order valence-corrected chi connectivity index (χ4v) is 1.93. The largest absolute Gasteiger partial charge is 0.457 e. The molecule has 2 aromatic rings. The molecule has 0 amide bonds. The molecule has 0 saturated heterocycles. The first-order valence-corrected chi connectivity index (χ1v) is 6.65. The highest BCUT2D eigenvalue weighted by atomic mass is 35.5. The van der Waals surface area contributed by atoms with Gasteiger partial charge in [0.05, 0.1) is 0 Å². The van der Waals surface area contributed by atoms with E-state index in [1.54, 1.807) is 0 Å². The van der Waals surface area contributed by atoms with Gasteiger partial charge >= 0.3 is 0 Å². The van der Waals surface area contributed by atoms with Gasteiger partial charge in [-0.25, -0.2) is 0 Å². The van der Waals surface area contributed by atoms with Crippen molar-refractivity contribution in [3.05, 3.63) is 59.7 Å². The third-order valence-electron chi connectivity index (χ3n) is 2.81. The van der Waals surface area contributed by atoms with E-state index >= 15 is 0 Å². The number of alkyl halides is 1. The summed E-state index contributed by atoms with van der Waals surface area (Å²) in [7, 11) is 0. The van der Waals surface area contributed by atoms with Crippen molar-refractivity contribution in [2.45, 2.75) is 25.6 Å². The number of rotatable bonds is 4. The van der Waals surface area contributed by atoms with Gasteiger partial charge in [0, 0.05) is 5.88 Å². The Hall–Kier alpha value is -1.47. The van der Waals surface area contributed by atoms with Crippen LogP contribution in [-0.4, -0.2) is 0 Å². The van der Waals surface area contributed by atoms with Gasteiger partial charge in [-0.15, -0.1) is 11.6 Å². The number of benzene rings is 2. The molecule has 0 aliphatic carbocycles. The Morgan fingerprint density at radius 2 is 1.67 bits per heavy atom. The van der Waals surface area contributed by atoms with E-state index in [4.69, 9.17) is 16.3 Å². The summed E-state index contributed by atoms with van der Waals surface area (Å²) < 4.78 is 5.85. The topological polar surface area (TPSA) is 9.23 Å². The Morgan fingerprint density at radius 1 is 1.00 bits per heavy atom. The fourth-order valence-electron chi connectivity index (χ4n) is 1.77. The van der Waals surface area contributed by atoms with Crippen molar-refractivity contribution in [3.8, 4) is 11.5 Å². The van der Waals surface area contributed by atoms with Crippen molar-refractivity contribution < 1.29 is 4.74 Å². The molecule has 0 unspecified atom stereocenters. The Bertz CT molecular complexity index is 520. The lowest BCUT2D eigenvalue weighted by atomic mass is 10.0. The van der Waals surface area contributed by atoms with Crippen LogP contribution in [0.4, 0.5) is 0 Å². The number of hydrogen-bond acceptors (Lipinski definition) is 1. The minimum absolute atomic E-state index is 0.503. The summed E-state index contributed by atoms with van der Waals surface area (Å²) in [5.74, 6) is 2.70. The van der Waals surface area contributed by atoms with Crippen LogP contribution in [0.15, 0.2) is 48.5 Å². The lowest BCUT2D eigenvalue weighted by Gasteiger charge is -2.10. The van der Waals surface area contributed by atoms with E-state index in [9.17, 15) is 0 Å². The zero-order chi connectivity index (χ0) is 13.0. The molecule has 0 aliphatic rings. The van der Waals surface area contributed by atoms with Crippen LogP contribution in [0, 0.1) is 0 Å². The van der Waals surface area contributed by atoms with E-state index in [0.29, 0.717) is 11.8 Å². The predicted molar refractivity (Wildman–Crippen MR) is 76.6 cm³/mol. The highest BCUT2D eigenvalue weighted by Gasteiger charge is 2.02. The van der Waals surface area contributed by atoms with Gasteiger partial charge in [-0.05, 0) is 41.3 Å². The second kappa shape index (κ2) is 5.92. The maximum atomic E-state index is 5.85. The van der Waals surface area contributed by atoms with Gasteiger partial charge in [0.1, 0.15) is 11.5 Å². The van der Waals surface area contributed by atoms with Gasteiger partial charge in [0.15, 0.2) is 0 Å². The van der Waals surface area contributed by atoms with Crippen LogP contribution >= 0.6 is 11.6 Å². The smallest absolute Gasteiger partial charge is 0.127 e. The van der Waals surface area contributed by atoms with Crippen LogP contribution in [-0.2, 0) is 5.88 Å². The molecule has 0 radical (unpaired) electrons. The van der Waals surface area contributed by atoms with Crippen molar-refractivity contribution in [1.29, 1.82) is 0 Å². The Kier molecular flexibility index (Phi) is 4.27. The quantitative estimate of drug-likeness (QED) is 0.674. The van der Waals surface area contributed by atoms with E-state index in [0.717, 1.165) is 17.1 Å². The molecule has 0 heterocycles. The molecule has 0 atom stereocenters. The van der Waals surface area contributed by atoms with Crippen LogP contribution in [0.2, 0.25) is 0 Å². The molecule has 1 nitrogen and oxygen atoms in total. The van der Waals surface area contributed by atoms with Gasteiger partial charge in [-0.1, -0.05) is 38.1 Å². The second-order valence-corrected chi connectivity index (χ2v) is 4.88. The molecule has 0 N–H and O–H groups in total. The molecular formula is C16H17ClO. The van der Waals surface area contributed by atoms with E-state index in [-0.39, 0.29) is 0 Å². The zero-order valence-electron chi connectivity index (χ0n) is 10.7. The molecule has 0 bridgehead atoms. The molecule has 0 aromatic heterocycles. The molecule has 2 aromatic carbocycles. The zero-order valence-corrected chi connectivity index (χ0v) is 11.4. The van der Waals surface area contributed by atoms with Gasteiger partial charge in [-0.3, -0.25) is 0 Å². The normalized spacial score (nSPS) is 10.7. The van der Waals surface area contributed by atoms with Crippen molar-refractivity contribution in [2.24, 2.45) is 0 Å². The van der Waals surface area contributed by atoms with E-state index in [1.807, 2.05) is 36.4 Å². The van der Waals surface area contributed by atoms with Crippen molar-refractivity contribution in [3.63, 3.8) is 0 Å². The summed E-state index contributed by atoms with van der Waals surface area (Å²) in [5, 5.41) is 0. The van der Waals surface area contributed by atoms with Crippen LogP contribution in [0.25, 0.3) is 0 Å². The highest BCUT2D eigenvalue weighted by molar-refractivity contribution is 6.17. The van der Waals surface area contributed by atoms with Crippen LogP contribution in [0.1, 0.15) is 30.9 Å². The predicted octanol–water partition coefficient (Wildman–Crippen LogP) is 5.34. The first-order valence-electron chi connectivity index (χ1n) is 6.12. The first kappa shape index (κ1) is 13.0. The summed E-state index contributed by atoms with van der Waals surface area (Å²) in [6.45, 7) is 4.35. The van der Waals surface area contributed by atoms with Gasteiger partial charge in [-0.2, -0.15) is 0 Å². The maximum absolute atomic E-state index is 5.85. The minimum Gasteiger partial charge on any atom is -0.457 e. The monoisotopic (exact) mass is 260 g/mol. The second-order valence-electron chi connectivity index (χ2n) is 4.61. The molecule has 94 valence electrons. The molecule has 0 fully saturated rings. The Balaban J connectivity index is 2.20. The SMILES string of the molecule is CC(C)c1cccc(Oc2cccc(CCl)c2)c1. The minimum atomic E-state index is 0.503. The fraction of sp³-hybridized carbons (Fsp3) is 0.250. The summed E-state index contributed by atoms with van der Waals surface area (Å²) in [6.07, 6.45) is 0.